The molecule has 2 aromatic carbocycles. The van der Waals surface area contributed by atoms with E-state index in [0.717, 1.165) is 16.8 Å². The van der Waals surface area contributed by atoms with Crippen LogP contribution >= 0.6 is 0 Å². The summed E-state index contributed by atoms with van der Waals surface area (Å²) in [4.78, 5) is 12.8. The number of aryl methyl sites for hydroxylation is 1. The Morgan fingerprint density at radius 3 is 2.37 bits per heavy atom. The van der Waals surface area contributed by atoms with Gasteiger partial charge < -0.3 is 10.4 Å². The number of carboxylic acids is 1. The van der Waals surface area contributed by atoms with E-state index in [2.05, 4.69) is 20.7 Å². The summed E-state index contributed by atoms with van der Waals surface area (Å²) in [6.45, 7) is 6.29. The zero-order chi connectivity index (χ0) is 19.4. The molecule has 0 fully saturated rings. The van der Waals surface area contributed by atoms with E-state index in [0.29, 0.717) is 12.4 Å². The van der Waals surface area contributed by atoms with Gasteiger partial charge in [-0.15, -0.1) is 15.0 Å². The maximum atomic E-state index is 11.3. The molecule has 0 unspecified atom stereocenters. The Morgan fingerprint density at radius 2 is 1.78 bits per heavy atom. The molecule has 0 bridgehead atoms. The van der Waals surface area contributed by atoms with E-state index in [9.17, 15) is 9.90 Å². The van der Waals surface area contributed by atoms with Crippen LogP contribution in [0.5, 0.6) is 0 Å². The van der Waals surface area contributed by atoms with E-state index in [1.165, 1.54) is 10.4 Å². The topological polar surface area (TPSA) is 92.9 Å². The molecule has 0 aliphatic carbocycles. The molecule has 1 heterocycles. The predicted molar refractivity (Wildman–Crippen MR) is 102 cm³/mol. The van der Waals surface area contributed by atoms with Crippen LogP contribution in [0.2, 0.25) is 0 Å². The third-order valence-corrected chi connectivity index (χ3v) is 4.35. The summed E-state index contributed by atoms with van der Waals surface area (Å²) < 4.78 is 0. The van der Waals surface area contributed by atoms with E-state index in [1.54, 1.807) is 0 Å². The molecule has 2 N–H and O–H groups in total. The number of aromatic nitrogens is 4. The molecule has 0 aliphatic rings. The highest BCUT2D eigenvalue weighted by Crippen LogP contribution is 2.16. The molecule has 7 heteroatoms. The Labute approximate surface area is 158 Å². The Hall–Kier alpha value is -3.06. The van der Waals surface area contributed by atoms with Crippen molar-refractivity contribution in [1.82, 2.24) is 25.5 Å². The molecule has 0 amide bonds. The second-order valence-corrected chi connectivity index (χ2v) is 6.88. The lowest BCUT2D eigenvalue weighted by atomic mass is 10.0. The molecule has 140 valence electrons. The highest BCUT2D eigenvalue weighted by molar-refractivity contribution is 5.73. The van der Waals surface area contributed by atoms with Crippen LogP contribution in [0.1, 0.15) is 25.0 Å². The van der Waals surface area contributed by atoms with Crippen molar-refractivity contribution in [2.24, 2.45) is 5.92 Å². The van der Waals surface area contributed by atoms with E-state index in [-0.39, 0.29) is 5.92 Å². The summed E-state index contributed by atoms with van der Waals surface area (Å²) >= 11 is 0. The number of hydrogen-bond donors (Lipinski definition) is 2. The van der Waals surface area contributed by atoms with Crippen molar-refractivity contribution in [3.8, 4) is 17.1 Å². The van der Waals surface area contributed by atoms with Gasteiger partial charge in [-0.1, -0.05) is 55.8 Å². The number of benzene rings is 2. The van der Waals surface area contributed by atoms with Crippen LogP contribution in [0, 0.1) is 12.8 Å². The van der Waals surface area contributed by atoms with Crippen molar-refractivity contribution in [3.63, 3.8) is 0 Å². The minimum Gasteiger partial charge on any atom is -0.480 e. The van der Waals surface area contributed by atoms with Crippen molar-refractivity contribution in [2.75, 3.05) is 0 Å². The second-order valence-electron chi connectivity index (χ2n) is 6.88. The number of carbonyl (C=O) groups is 1. The largest absolute Gasteiger partial charge is 0.480 e. The van der Waals surface area contributed by atoms with Gasteiger partial charge in [-0.2, -0.15) is 0 Å². The van der Waals surface area contributed by atoms with E-state index in [1.807, 2.05) is 69.3 Å². The Morgan fingerprint density at radius 1 is 1.11 bits per heavy atom. The fourth-order valence-corrected chi connectivity index (χ4v) is 2.73. The zero-order valence-corrected chi connectivity index (χ0v) is 15.6. The predicted octanol–water partition coefficient (Wildman–Crippen LogP) is 2.84. The van der Waals surface area contributed by atoms with E-state index < -0.39 is 12.0 Å². The average molecular weight is 365 g/mol. The van der Waals surface area contributed by atoms with Crippen LogP contribution < -0.4 is 5.32 Å². The summed E-state index contributed by atoms with van der Waals surface area (Å²) in [6, 6.07) is 15.0. The molecule has 1 atom stereocenters. The lowest BCUT2D eigenvalue weighted by Crippen LogP contribution is -2.40. The zero-order valence-electron chi connectivity index (χ0n) is 15.6. The van der Waals surface area contributed by atoms with Crippen LogP contribution in [0.25, 0.3) is 17.1 Å². The van der Waals surface area contributed by atoms with Crippen molar-refractivity contribution >= 4 is 5.97 Å². The maximum Gasteiger partial charge on any atom is 0.320 e. The summed E-state index contributed by atoms with van der Waals surface area (Å²) in [5.74, 6) is -0.276. The minimum absolute atomic E-state index is 0.0165. The third kappa shape index (κ3) is 4.57. The molecule has 7 nitrogen and oxygen atoms in total. The summed E-state index contributed by atoms with van der Waals surface area (Å²) in [7, 11) is 0. The van der Waals surface area contributed by atoms with Gasteiger partial charge in [-0.05, 0) is 35.8 Å². The standard InChI is InChI=1S/C20H23N5O2/c1-13(2)18(20(26)27)21-12-15-6-8-16(9-7-15)19-22-24-25(23-19)17-10-4-14(3)5-11-17/h4-11,13,18,21H,12H2,1-3H3,(H,26,27)/t18-/m1/s1. The second kappa shape index (κ2) is 8.09. The molecule has 3 rings (SSSR count). The van der Waals surface area contributed by atoms with Gasteiger partial charge in [-0.25, -0.2) is 0 Å². The van der Waals surface area contributed by atoms with Gasteiger partial charge in [0.15, 0.2) is 0 Å². The first kappa shape index (κ1) is 18.7. The summed E-state index contributed by atoms with van der Waals surface area (Å²) in [6.07, 6.45) is 0. The number of carboxylic acid groups (broad SMARTS) is 1. The Balaban J connectivity index is 1.69. The monoisotopic (exact) mass is 365 g/mol. The van der Waals surface area contributed by atoms with Crippen molar-refractivity contribution in [3.05, 3.63) is 59.7 Å². The fraction of sp³-hybridized carbons (Fsp3) is 0.300. The van der Waals surface area contributed by atoms with Crippen molar-refractivity contribution in [2.45, 2.75) is 33.4 Å². The van der Waals surface area contributed by atoms with Crippen molar-refractivity contribution < 1.29 is 9.90 Å². The van der Waals surface area contributed by atoms with Gasteiger partial charge in [0.25, 0.3) is 0 Å². The molecular weight excluding hydrogens is 342 g/mol. The summed E-state index contributed by atoms with van der Waals surface area (Å²) in [5.41, 5.74) is 3.88. The van der Waals surface area contributed by atoms with Crippen LogP contribution in [0.15, 0.2) is 48.5 Å². The number of hydrogen-bond acceptors (Lipinski definition) is 5. The van der Waals surface area contributed by atoms with Crippen LogP contribution in [0.3, 0.4) is 0 Å². The highest BCUT2D eigenvalue weighted by Gasteiger charge is 2.20. The van der Waals surface area contributed by atoms with E-state index in [4.69, 9.17) is 0 Å². The van der Waals surface area contributed by atoms with Gasteiger partial charge in [0.1, 0.15) is 6.04 Å². The van der Waals surface area contributed by atoms with Crippen molar-refractivity contribution in [1.29, 1.82) is 0 Å². The Bertz CT molecular complexity index is 901. The minimum atomic E-state index is -0.835. The number of nitrogens with zero attached hydrogens (tertiary/aromatic N) is 4. The maximum absolute atomic E-state index is 11.3. The van der Waals surface area contributed by atoms with E-state index >= 15 is 0 Å². The SMILES string of the molecule is Cc1ccc(-n2nnc(-c3ccc(CN[C@@H](C(=O)O)C(C)C)cc3)n2)cc1. The van der Waals surface area contributed by atoms with Crippen LogP contribution in [0.4, 0.5) is 0 Å². The Kier molecular flexibility index (Phi) is 5.61. The summed E-state index contributed by atoms with van der Waals surface area (Å²) in [5, 5.41) is 25.0. The lowest BCUT2D eigenvalue weighted by Gasteiger charge is -2.17. The highest BCUT2D eigenvalue weighted by atomic mass is 16.4. The number of rotatable bonds is 7. The molecule has 27 heavy (non-hydrogen) atoms. The van der Waals surface area contributed by atoms with Crippen LogP contribution in [-0.2, 0) is 11.3 Å². The molecule has 0 radical (unpaired) electrons. The first-order chi connectivity index (χ1) is 12.9. The molecule has 1 aromatic heterocycles. The molecule has 0 saturated carbocycles. The van der Waals surface area contributed by atoms with Gasteiger partial charge in [0.2, 0.25) is 5.82 Å². The van der Waals surface area contributed by atoms with Gasteiger partial charge in [-0.3, -0.25) is 4.79 Å². The fourth-order valence-electron chi connectivity index (χ4n) is 2.73. The lowest BCUT2D eigenvalue weighted by molar-refractivity contribution is -0.140. The third-order valence-electron chi connectivity index (χ3n) is 4.35. The normalized spacial score (nSPS) is 12.3. The first-order valence-electron chi connectivity index (χ1n) is 8.86. The average Bonchev–Trinajstić information content (AvgIpc) is 3.12. The molecule has 0 spiro atoms. The molecule has 0 aliphatic heterocycles. The smallest absolute Gasteiger partial charge is 0.320 e. The van der Waals surface area contributed by atoms with Gasteiger partial charge >= 0.3 is 5.97 Å². The quantitative estimate of drug-likeness (QED) is 0.669. The number of nitrogens with one attached hydrogen (secondary N) is 1. The van der Waals surface area contributed by atoms with Gasteiger partial charge in [0, 0.05) is 12.1 Å². The first-order valence-corrected chi connectivity index (χ1v) is 8.86. The molecule has 0 saturated heterocycles. The molecule has 3 aromatic rings. The number of aliphatic carboxylic acids is 1. The van der Waals surface area contributed by atoms with Crippen LogP contribution in [-0.4, -0.2) is 37.3 Å². The number of tetrazole rings is 1. The van der Waals surface area contributed by atoms with Gasteiger partial charge in [0.05, 0.1) is 5.69 Å². The molecular formula is C20H23N5O2.